The maximum atomic E-state index is 4.78. The summed E-state index contributed by atoms with van der Waals surface area (Å²) in [6, 6.07) is 0. The molecule has 0 radical (unpaired) electrons. The minimum absolute atomic E-state index is 0.847. The Labute approximate surface area is 52.3 Å². The number of rotatable bonds is 0. The largest absolute Gasteiger partial charge is 0.120 e. The molecule has 0 aromatic heterocycles. The van der Waals surface area contributed by atoms with Crippen LogP contribution in [0.5, 0.6) is 0 Å². The molecular formula is C8H12. The van der Waals surface area contributed by atoms with E-state index >= 15 is 0 Å². The second-order valence-electron chi connectivity index (χ2n) is 1.06. The van der Waals surface area contributed by atoms with Gasteiger partial charge in [-0.05, 0) is 13.8 Å². The first kappa shape index (κ1) is 10.2. The normalized spacial score (nSPS) is 4.25. The SMILES string of the molecule is C#CCC.CC#CC. The average Bonchev–Trinajstić information content (AvgIpc) is 1.88. The van der Waals surface area contributed by atoms with Crippen LogP contribution in [0, 0.1) is 24.2 Å². The van der Waals surface area contributed by atoms with E-state index < -0.39 is 0 Å². The van der Waals surface area contributed by atoms with Gasteiger partial charge in [0.1, 0.15) is 0 Å². The van der Waals surface area contributed by atoms with Crippen molar-refractivity contribution in [3.05, 3.63) is 0 Å². The lowest BCUT2D eigenvalue weighted by Gasteiger charge is -1.52. The standard InChI is InChI=1S/2C4H6/c2*1-3-4-2/h1-2H3;1H,4H2,2H3. The smallest absolute Gasteiger partial charge is 0.00576 e. The lowest BCUT2D eigenvalue weighted by molar-refractivity contribution is 1.28. The van der Waals surface area contributed by atoms with Gasteiger partial charge in [-0.1, -0.05) is 6.92 Å². The predicted octanol–water partition coefficient (Wildman–Crippen LogP) is 2.06. The molecule has 0 bridgehead atoms. The van der Waals surface area contributed by atoms with Crippen LogP contribution in [0.15, 0.2) is 0 Å². The Kier molecular flexibility index (Phi) is 21.0. The molecule has 0 rings (SSSR count). The Hall–Kier alpha value is -0.880. The van der Waals surface area contributed by atoms with Crippen molar-refractivity contribution in [3.63, 3.8) is 0 Å². The van der Waals surface area contributed by atoms with Gasteiger partial charge < -0.3 is 0 Å². The monoisotopic (exact) mass is 108 g/mol. The summed E-state index contributed by atoms with van der Waals surface area (Å²) in [5.74, 6) is 7.79. The van der Waals surface area contributed by atoms with Crippen molar-refractivity contribution in [1.29, 1.82) is 0 Å². The van der Waals surface area contributed by atoms with Crippen LogP contribution in [0.25, 0.3) is 0 Å². The van der Waals surface area contributed by atoms with E-state index in [1.165, 1.54) is 0 Å². The molecule has 0 heterocycles. The molecule has 0 heteroatoms. The Morgan fingerprint density at radius 2 is 1.50 bits per heavy atom. The molecule has 0 aliphatic carbocycles. The molecular weight excluding hydrogens is 96.1 g/mol. The Balaban J connectivity index is 0. The Morgan fingerprint density at radius 3 is 1.50 bits per heavy atom. The van der Waals surface area contributed by atoms with E-state index in [0.717, 1.165) is 6.42 Å². The van der Waals surface area contributed by atoms with Crippen molar-refractivity contribution in [2.24, 2.45) is 0 Å². The van der Waals surface area contributed by atoms with Gasteiger partial charge in [0.2, 0.25) is 0 Å². The molecule has 44 valence electrons. The summed E-state index contributed by atoms with van der Waals surface area (Å²) >= 11 is 0. The van der Waals surface area contributed by atoms with E-state index in [9.17, 15) is 0 Å². The van der Waals surface area contributed by atoms with Gasteiger partial charge in [0.15, 0.2) is 0 Å². The maximum absolute atomic E-state index is 4.78. The van der Waals surface area contributed by atoms with Crippen LogP contribution in [0.3, 0.4) is 0 Å². The quantitative estimate of drug-likeness (QED) is 0.417. The summed E-state index contributed by atoms with van der Waals surface area (Å²) in [6.07, 6.45) is 5.62. The van der Waals surface area contributed by atoms with Gasteiger partial charge in [-0.15, -0.1) is 24.2 Å². The molecule has 0 unspecified atom stereocenters. The lowest BCUT2D eigenvalue weighted by Crippen LogP contribution is -1.38. The predicted molar refractivity (Wildman–Crippen MR) is 38.2 cm³/mol. The fourth-order valence-corrected chi connectivity index (χ4v) is 0. The van der Waals surface area contributed by atoms with E-state index in [1.807, 2.05) is 20.8 Å². The molecule has 0 aromatic carbocycles. The van der Waals surface area contributed by atoms with Crippen LogP contribution < -0.4 is 0 Å². The van der Waals surface area contributed by atoms with Gasteiger partial charge >= 0.3 is 0 Å². The first-order chi connectivity index (χ1) is 3.83. The van der Waals surface area contributed by atoms with Crippen molar-refractivity contribution in [2.45, 2.75) is 27.2 Å². The zero-order valence-electron chi connectivity index (χ0n) is 5.78. The summed E-state index contributed by atoms with van der Waals surface area (Å²) in [4.78, 5) is 0. The van der Waals surface area contributed by atoms with Crippen LogP contribution in [0.1, 0.15) is 27.2 Å². The maximum Gasteiger partial charge on any atom is 0.00576 e. The average molecular weight is 108 g/mol. The van der Waals surface area contributed by atoms with Gasteiger partial charge in [0.25, 0.3) is 0 Å². The Morgan fingerprint density at radius 1 is 1.25 bits per heavy atom. The number of hydrogen-bond acceptors (Lipinski definition) is 0. The van der Waals surface area contributed by atoms with Crippen LogP contribution in [0.4, 0.5) is 0 Å². The molecule has 0 aliphatic heterocycles. The third-order valence-electron chi connectivity index (χ3n) is 0.454. The minimum atomic E-state index is 0.847. The highest BCUT2D eigenvalue weighted by Gasteiger charge is 1.43. The molecule has 0 N–H and O–H groups in total. The summed E-state index contributed by atoms with van der Waals surface area (Å²) in [5, 5.41) is 0. The van der Waals surface area contributed by atoms with Crippen molar-refractivity contribution >= 4 is 0 Å². The highest BCUT2D eigenvalue weighted by Crippen LogP contribution is 1.58. The highest BCUT2D eigenvalue weighted by molar-refractivity contribution is 4.89. The molecule has 0 spiro atoms. The zero-order valence-corrected chi connectivity index (χ0v) is 5.78. The Bertz CT molecular complexity index is 98.2. The fourth-order valence-electron chi connectivity index (χ4n) is 0. The minimum Gasteiger partial charge on any atom is -0.120 e. The third-order valence-corrected chi connectivity index (χ3v) is 0.454. The molecule has 0 nitrogen and oxygen atoms in total. The van der Waals surface area contributed by atoms with E-state index in [0.29, 0.717) is 0 Å². The van der Waals surface area contributed by atoms with Gasteiger partial charge in [0, 0.05) is 6.42 Å². The van der Waals surface area contributed by atoms with Crippen molar-refractivity contribution in [1.82, 2.24) is 0 Å². The van der Waals surface area contributed by atoms with Crippen LogP contribution >= 0.6 is 0 Å². The van der Waals surface area contributed by atoms with Gasteiger partial charge in [-0.2, -0.15) is 0 Å². The molecule has 0 atom stereocenters. The molecule has 8 heavy (non-hydrogen) atoms. The molecule has 0 saturated heterocycles. The molecule has 0 aliphatic rings. The first-order valence-electron chi connectivity index (χ1n) is 2.60. The second kappa shape index (κ2) is 16.5. The summed E-state index contributed by atoms with van der Waals surface area (Å²) < 4.78 is 0. The first-order valence-corrected chi connectivity index (χ1v) is 2.60. The van der Waals surface area contributed by atoms with Crippen LogP contribution in [-0.2, 0) is 0 Å². The third kappa shape index (κ3) is 69.3. The van der Waals surface area contributed by atoms with Crippen LogP contribution in [0.2, 0.25) is 0 Å². The van der Waals surface area contributed by atoms with Crippen molar-refractivity contribution in [2.75, 3.05) is 0 Å². The van der Waals surface area contributed by atoms with E-state index in [4.69, 9.17) is 6.42 Å². The zero-order chi connectivity index (χ0) is 6.83. The summed E-state index contributed by atoms with van der Waals surface area (Å²) in [5.41, 5.74) is 0. The van der Waals surface area contributed by atoms with E-state index in [2.05, 4.69) is 17.8 Å². The van der Waals surface area contributed by atoms with Gasteiger partial charge in [-0.25, -0.2) is 0 Å². The summed E-state index contributed by atoms with van der Waals surface area (Å²) in [7, 11) is 0. The lowest BCUT2D eigenvalue weighted by atomic mass is 10.5. The van der Waals surface area contributed by atoms with Gasteiger partial charge in [0.05, 0.1) is 0 Å². The topological polar surface area (TPSA) is 0 Å². The molecule has 0 aromatic rings. The van der Waals surface area contributed by atoms with E-state index in [1.54, 1.807) is 0 Å². The fraction of sp³-hybridized carbons (Fsp3) is 0.500. The van der Waals surface area contributed by atoms with Crippen molar-refractivity contribution < 1.29 is 0 Å². The summed E-state index contributed by atoms with van der Waals surface area (Å²) in [6.45, 7) is 5.58. The van der Waals surface area contributed by atoms with Crippen molar-refractivity contribution in [3.8, 4) is 24.2 Å². The van der Waals surface area contributed by atoms with Crippen LogP contribution in [-0.4, -0.2) is 0 Å². The molecule has 0 amide bonds. The highest BCUT2D eigenvalue weighted by atomic mass is 13.5. The number of terminal acetylenes is 1. The number of hydrogen-bond donors (Lipinski definition) is 0. The van der Waals surface area contributed by atoms with E-state index in [-0.39, 0.29) is 0 Å². The molecule has 0 fully saturated rings. The molecule has 0 saturated carbocycles. The van der Waals surface area contributed by atoms with Gasteiger partial charge in [-0.3, -0.25) is 0 Å². The second-order valence-corrected chi connectivity index (χ2v) is 1.06.